The van der Waals surface area contributed by atoms with Crippen LogP contribution in [0, 0.1) is 6.92 Å². The number of ether oxygens (including phenoxy) is 1. The van der Waals surface area contributed by atoms with E-state index in [9.17, 15) is 0 Å². The van der Waals surface area contributed by atoms with Crippen LogP contribution in [-0.2, 0) is 5.54 Å². The fraction of sp³-hybridized carbons (Fsp3) is 0.625. The lowest BCUT2D eigenvalue weighted by Gasteiger charge is -2.40. The Kier molecular flexibility index (Phi) is 3.06. The van der Waals surface area contributed by atoms with E-state index in [1.807, 2.05) is 0 Å². The summed E-state index contributed by atoms with van der Waals surface area (Å²) in [5.41, 5.74) is 8.95. The minimum absolute atomic E-state index is 0.126. The molecule has 1 aromatic carbocycles. The molecule has 0 amide bonds. The van der Waals surface area contributed by atoms with Crippen LogP contribution in [0.15, 0.2) is 18.2 Å². The maximum Gasteiger partial charge on any atom is 0.125 e. The largest absolute Gasteiger partial charge is 0.490 e. The predicted molar refractivity (Wildman–Crippen MR) is 73.8 cm³/mol. The van der Waals surface area contributed by atoms with Gasteiger partial charge in [-0.2, -0.15) is 0 Å². The van der Waals surface area contributed by atoms with Gasteiger partial charge in [-0.15, -0.1) is 0 Å². The molecule has 0 heterocycles. The van der Waals surface area contributed by atoms with E-state index in [4.69, 9.17) is 10.5 Å². The highest BCUT2D eigenvalue weighted by Crippen LogP contribution is 2.44. The molecule has 1 aromatic rings. The van der Waals surface area contributed by atoms with Gasteiger partial charge in [0.1, 0.15) is 5.75 Å². The van der Waals surface area contributed by atoms with E-state index >= 15 is 0 Å². The first-order valence-electron chi connectivity index (χ1n) is 7.25. The first-order valence-corrected chi connectivity index (χ1v) is 7.25. The molecule has 2 nitrogen and oxygen atoms in total. The van der Waals surface area contributed by atoms with Gasteiger partial charge in [-0.25, -0.2) is 0 Å². The molecule has 3 rings (SSSR count). The summed E-state index contributed by atoms with van der Waals surface area (Å²) in [4.78, 5) is 0. The summed E-state index contributed by atoms with van der Waals surface area (Å²) in [6.07, 6.45) is 8.86. The van der Waals surface area contributed by atoms with Gasteiger partial charge in [0.25, 0.3) is 0 Å². The molecule has 2 heteroatoms. The van der Waals surface area contributed by atoms with Crippen molar-refractivity contribution in [1.29, 1.82) is 0 Å². The van der Waals surface area contributed by atoms with Crippen LogP contribution in [0.2, 0.25) is 0 Å². The highest BCUT2D eigenvalue weighted by molar-refractivity contribution is 5.46. The predicted octanol–water partition coefficient (Wildman–Crippen LogP) is 3.65. The highest BCUT2D eigenvalue weighted by atomic mass is 16.5. The lowest BCUT2D eigenvalue weighted by Crippen LogP contribution is -2.44. The van der Waals surface area contributed by atoms with Crippen molar-refractivity contribution in [2.45, 2.75) is 63.5 Å². The summed E-state index contributed by atoms with van der Waals surface area (Å²) in [6.45, 7) is 2.16. The van der Waals surface area contributed by atoms with Gasteiger partial charge in [0, 0.05) is 11.1 Å². The number of hydrogen-bond donors (Lipinski definition) is 1. The minimum atomic E-state index is -0.126. The second-order valence-electron chi connectivity index (χ2n) is 5.98. The first kappa shape index (κ1) is 12.0. The van der Waals surface area contributed by atoms with Gasteiger partial charge < -0.3 is 10.5 Å². The lowest BCUT2D eigenvalue weighted by atomic mass is 9.71. The Morgan fingerprint density at radius 3 is 2.50 bits per heavy atom. The Morgan fingerprint density at radius 1 is 1.17 bits per heavy atom. The molecule has 0 atom stereocenters. The zero-order valence-corrected chi connectivity index (χ0v) is 11.2. The van der Waals surface area contributed by atoms with Gasteiger partial charge in [-0.1, -0.05) is 12.1 Å². The van der Waals surface area contributed by atoms with Crippen molar-refractivity contribution < 1.29 is 4.74 Å². The van der Waals surface area contributed by atoms with E-state index in [2.05, 4.69) is 25.1 Å². The lowest BCUT2D eigenvalue weighted by molar-refractivity contribution is 0.189. The number of aryl methyl sites for hydroxylation is 1. The van der Waals surface area contributed by atoms with Crippen LogP contribution in [0.1, 0.15) is 56.1 Å². The zero-order valence-electron chi connectivity index (χ0n) is 11.2. The van der Waals surface area contributed by atoms with Gasteiger partial charge in [0.2, 0.25) is 0 Å². The molecular weight excluding hydrogens is 222 g/mol. The molecule has 0 radical (unpaired) electrons. The maximum absolute atomic E-state index is 6.52. The van der Waals surface area contributed by atoms with Crippen molar-refractivity contribution >= 4 is 0 Å². The third kappa shape index (κ3) is 2.03. The normalized spacial score (nSPS) is 22.8. The summed E-state index contributed by atoms with van der Waals surface area (Å²) in [6, 6.07) is 6.35. The Labute approximate surface area is 110 Å². The van der Waals surface area contributed by atoms with E-state index < -0.39 is 0 Å². The molecule has 2 aliphatic rings. The third-order valence-electron chi connectivity index (χ3n) is 4.57. The van der Waals surface area contributed by atoms with Gasteiger partial charge >= 0.3 is 0 Å². The Balaban J connectivity index is 1.90. The standard InChI is InChI=1S/C16H23NO/c1-12-6-4-9-14(18-13-7-2-3-8-13)15(12)16(17)10-5-11-16/h4,6,9,13H,2-3,5,7-8,10-11,17H2,1H3. The first-order chi connectivity index (χ1) is 8.69. The smallest absolute Gasteiger partial charge is 0.125 e. The third-order valence-corrected chi connectivity index (χ3v) is 4.57. The highest BCUT2D eigenvalue weighted by Gasteiger charge is 2.38. The van der Waals surface area contributed by atoms with Crippen molar-refractivity contribution in [3.8, 4) is 5.75 Å². The molecule has 0 aliphatic heterocycles. The van der Waals surface area contributed by atoms with Crippen LogP contribution in [0.5, 0.6) is 5.75 Å². The maximum atomic E-state index is 6.52. The van der Waals surface area contributed by atoms with Crippen LogP contribution in [0.3, 0.4) is 0 Å². The van der Waals surface area contributed by atoms with Crippen molar-refractivity contribution in [2.24, 2.45) is 5.73 Å². The van der Waals surface area contributed by atoms with Crippen LogP contribution in [0.25, 0.3) is 0 Å². The van der Waals surface area contributed by atoms with E-state index in [-0.39, 0.29) is 5.54 Å². The fourth-order valence-electron chi connectivity index (χ4n) is 3.37. The molecule has 0 saturated heterocycles. The second-order valence-corrected chi connectivity index (χ2v) is 5.98. The van der Waals surface area contributed by atoms with Crippen LogP contribution in [0.4, 0.5) is 0 Å². The van der Waals surface area contributed by atoms with E-state index in [1.165, 1.54) is 43.2 Å². The topological polar surface area (TPSA) is 35.2 Å². The quantitative estimate of drug-likeness (QED) is 0.882. The van der Waals surface area contributed by atoms with E-state index in [1.54, 1.807) is 0 Å². The molecular formula is C16H23NO. The van der Waals surface area contributed by atoms with Gasteiger partial charge in [0.15, 0.2) is 0 Å². The van der Waals surface area contributed by atoms with E-state index in [0.717, 1.165) is 18.6 Å². The Hall–Kier alpha value is -1.02. The SMILES string of the molecule is Cc1cccc(OC2CCCC2)c1C1(N)CCC1. The van der Waals surface area contributed by atoms with Crippen molar-refractivity contribution in [3.05, 3.63) is 29.3 Å². The minimum Gasteiger partial charge on any atom is -0.490 e. The summed E-state index contributed by atoms with van der Waals surface area (Å²) in [5, 5.41) is 0. The number of rotatable bonds is 3. The molecule has 18 heavy (non-hydrogen) atoms. The van der Waals surface area contributed by atoms with Crippen molar-refractivity contribution in [3.63, 3.8) is 0 Å². The number of nitrogens with two attached hydrogens (primary N) is 1. The van der Waals surface area contributed by atoms with Crippen molar-refractivity contribution in [1.82, 2.24) is 0 Å². The zero-order chi connectivity index (χ0) is 12.6. The summed E-state index contributed by atoms with van der Waals surface area (Å²) in [7, 11) is 0. The average Bonchev–Trinajstić information content (AvgIpc) is 2.79. The molecule has 0 aromatic heterocycles. The molecule has 0 unspecified atom stereocenters. The summed E-state index contributed by atoms with van der Waals surface area (Å²) in [5.74, 6) is 1.05. The molecule has 2 aliphatic carbocycles. The van der Waals surface area contributed by atoms with E-state index in [0.29, 0.717) is 6.10 Å². The number of hydrogen-bond acceptors (Lipinski definition) is 2. The number of benzene rings is 1. The van der Waals surface area contributed by atoms with Gasteiger partial charge in [-0.05, 0) is 63.5 Å². The second kappa shape index (κ2) is 4.58. The molecule has 98 valence electrons. The monoisotopic (exact) mass is 245 g/mol. The Bertz CT molecular complexity index is 431. The van der Waals surface area contributed by atoms with Crippen LogP contribution < -0.4 is 10.5 Å². The summed E-state index contributed by atoms with van der Waals surface area (Å²) >= 11 is 0. The average molecular weight is 245 g/mol. The van der Waals surface area contributed by atoms with Gasteiger partial charge in [0.05, 0.1) is 6.10 Å². The molecule has 0 bridgehead atoms. The van der Waals surface area contributed by atoms with Crippen LogP contribution in [-0.4, -0.2) is 6.10 Å². The molecule has 2 saturated carbocycles. The van der Waals surface area contributed by atoms with Crippen molar-refractivity contribution in [2.75, 3.05) is 0 Å². The fourth-order valence-corrected chi connectivity index (χ4v) is 3.37. The van der Waals surface area contributed by atoms with Gasteiger partial charge in [-0.3, -0.25) is 0 Å². The molecule has 0 spiro atoms. The molecule has 2 fully saturated rings. The molecule has 2 N–H and O–H groups in total. The summed E-state index contributed by atoms with van der Waals surface area (Å²) < 4.78 is 6.23. The van der Waals surface area contributed by atoms with Crippen LogP contribution >= 0.6 is 0 Å². The Morgan fingerprint density at radius 2 is 1.89 bits per heavy atom.